The summed E-state index contributed by atoms with van der Waals surface area (Å²) < 4.78 is 22.7. The van der Waals surface area contributed by atoms with Crippen molar-refractivity contribution >= 4 is 35.2 Å². The number of fused-ring (bicyclic) bond motifs is 1. The molecule has 0 aliphatic carbocycles. The first-order valence-corrected chi connectivity index (χ1v) is 10.5. The van der Waals surface area contributed by atoms with Crippen LogP contribution in [0.1, 0.15) is 31.9 Å². The number of hydrogen-bond acceptors (Lipinski definition) is 7. The SMILES string of the molecule is COc1ccc2ncc(COc3cc(C(C)(C(=O)O)C(=O)O)ccc3OC)c(OC(C)C)c2c1.Cl. The second kappa shape index (κ2) is 11.1. The molecule has 3 aromatic rings. The molecule has 0 spiro atoms. The highest BCUT2D eigenvalue weighted by atomic mass is 35.5. The summed E-state index contributed by atoms with van der Waals surface area (Å²) in [4.78, 5) is 28.0. The number of carboxylic acids is 2. The summed E-state index contributed by atoms with van der Waals surface area (Å²) in [6.07, 6.45) is 1.52. The number of rotatable bonds is 10. The fourth-order valence-corrected chi connectivity index (χ4v) is 3.39. The molecule has 0 atom stereocenters. The van der Waals surface area contributed by atoms with E-state index >= 15 is 0 Å². The van der Waals surface area contributed by atoms with Crippen LogP contribution in [0.3, 0.4) is 0 Å². The van der Waals surface area contributed by atoms with Gasteiger partial charge in [0.1, 0.15) is 18.1 Å². The predicted molar refractivity (Wildman–Crippen MR) is 131 cm³/mol. The first kappa shape index (κ1) is 27.5. The van der Waals surface area contributed by atoms with Crippen molar-refractivity contribution in [3.8, 4) is 23.0 Å². The molecule has 0 aliphatic heterocycles. The summed E-state index contributed by atoms with van der Waals surface area (Å²) in [5.74, 6) is -1.24. The summed E-state index contributed by atoms with van der Waals surface area (Å²) >= 11 is 0. The fraction of sp³-hybridized carbons (Fsp3) is 0.320. The van der Waals surface area contributed by atoms with Crippen molar-refractivity contribution in [2.75, 3.05) is 14.2 Å². The van der Waals surface area contributed by atoms with Crippen molar-refractivity contribution < 1.29 is 38.7 Å². The number of benzene rings is 2. The van der Waals surface area contributed by atoms with Gasteiger partial charge in [-0.05, 0) is 56.7 Å². The van der Waals surface area contributed by atoms with Crippen LogP contribution in [0.2, 0.25) is 0 Å². The molecule has 0 saturated heterocycles. The van der Waals surface area contributed by atoms with E-state index in [1.165, 1.54) is 25.3 Å². The number of carbonyl (C=O) groups is 2. The van der Waals surface area contributed by atoms with Crippen molar-refractivity contribution in [1.29, 1.82) is 0 Å². The molecule has 1 aromatic heterocycles. The topological polar surface area (TPSA) is 124 Å². The highest BCUT2D eigenvalue weighted by Gasteiger charge is 2.44. The summed E-state index contributed by atoms with van der Waals surface area (Å²) in [6, 6.07) is 9.70. The van der Waals surface area contributed by atoms with E-state index in [1.807, 2.05) is 32.0 Å². The van der Waals surface area contributed by atoms with E-state index in [-0.39, 0.29) is 36.4 Å². The Labute approximate surface area is 209 Å². The first-order chi connectivity index (χ1) is 16.1. The van der Waals surface area contributed by atoms with Gasteiger partial charge in [0, 0.05) is 11.6 Å². The molecule has 0 bridgehead atoms. The molecule has 2 N–H and O–H groups in total. The quantitative estimate of drug-likeness (QED) is 0.384. The van der Waals surface area contributed by atoms with Crippen LogP contribution >= 0.6 is 12.4 Å². The van der Waals surface area contributed by atoms with E-state index in [0.29, 0.717) is 22.8 Å². The number of aromatic nitrogens is 1. The monoisotopic (exact) mass is 505 g/mol. The van der Waals surface area contributed by atoms with Crippen LogP contribution in [0, 0.1) is 0 Å². The normalized spacial score (nSPS) is 11.0. The molecule has 0 aliphatic rings. The van der Waals surface area contributed by atoms with E-state index in [0.717, 1.165) is 17.8 Å². The van der Waals surface area contributed by atoms with Crippen molar-refractivity contribution in [2.45, 2.75) is 38.9 Å². The zero-order chi connectivity index (χ0) is 25.0. The van der Waals surface area contributed by atoms with E-state index < -0.39 is 17.4 Å². The van der Waals surface area contributed by atoms with Crippen LogP contribution in [0.4, 0.5) is 0 Å². The second-order valence-corrected chi connectivity index (χ2v) is 8.05. The largest absolute Gasteiger partial charge is 0.497 e. The van der Waals surface area contributed by atoms with Crippen LogP contribution in [0.5, 0.6) is 23.0 Å². The van der Waals surface area contributed by atoms with Crippen molar-refractivity contribution in [1.82, 2.24) is 4.98 Å². The molecule has 10 heteroatoms. The number of halogens is 1. The Morgan fingerprint density at radius 3 is 2.26 bits per heavy atom. The third-order valence-corrected chi connectivity index (χ3v) is 5.43. The lowest BCUT2D eigenvalue weighted by molar-refractivity contribution is -0.156. The van der Waals surface area contributed by atoms with E-state index in [1.54, 1.807) is 13.3 Å². The summed E-state index contributed by atoms with van der Waals surface area (Å²) in [5, 5.41) is 19.9. The summed E-state index contributed by atoms with van der Waals surface area (Å²) in [7, 11) is 3.01. The highest BCUT2D eigenvalue weighted by Crippen LogP contribution is 2.37. The average Bonchev–Trinajstić information content (AvgIpc) is 2.81. The number of methoxy groups -OCH3 is 2. The van der Waals surface area contributed by atoms with Gasteiger partial charge in [-0.2, -0.15) is 0 Å². The molecule has 0 fully saturated rings. The summed E-state index contributed by atoms with van der Waals surface area (Å²) in [6.45, 7) is 4.95. The molecule has 2 aromatic carbocycles. The zero-order valence-corrected chi connectivity index (χ0v) is 20.8. The number of nitrogens with zero attached hydrogens (tertiary/aromatic N) is 1. The molecule has 3 rings (SSSR count). The minimum absolute atomic E-state index is 0. The maximum Gasteiger partial charge on any atom is 0.325 e. The van der Waals surface area contributed by atoms with Gasteiger partial charge >= 0.3 is 11.9 Å². The van der Waals surface area contributed by atoms with Gasteiger partial charge in [-0.25, -0.2) is 0 Å². The number of hydrogen-bond donors (Lipinski definition) is 2. The Morgan fingerprint density at radius 1 is 1.00 bits per heavy atom. The van der Waals surface area contributed by atoms with Crippen molar-refractivity contribution in [3.05, 3.63) is 53.7 Å². The molecule has 35 heavy (non-hydrogen) atoms. The minimum Gasteiger partial charge on any atom is -0.497 e. The predicted octanol–water partition coefficient (Wildman–Crippen LogP) is 4.47. The van der Waals surface area contributed by atoms with E-state index in [4.69, 9.17) is 18.9 Å². The van der Waals surface area contributed by atoms with Crippen LogP contribution in [-0.4, -0.2) is 47.5 Å². The number of aliphatic carboxylic acids is 2. The van der Waals surface area contributed by atoms with Crippen LogP contribution < -0.4 is 18.9 Å². The van der Waals surface area contributed by atoms with Gasteiger partial charge in [-0.15, -0.1) is 12.4 Å². The maximum absolute atomic E-state index is 11.7. The average molecular weight is 506 g/mol. The van der Waals surface area contributed by atoms with Gasteiger partial charge in [0.15, 0.2) is 16.9 Å². The third kappa shape index (κ3) is 5.51. The zero-order valence-electron chi connectivity index (χ0n) is 20.0. The van der Waals surface area contributed by atoms with Crippen LogP contribution in [-0.2, 0) is 21.6 Å². The lowest BCUT2D eigenvalue weighted by Gasteiger charge is -2.22. The number of carboxylic acid groups (broad SMARTS) is 2. The molecule has 0 radical (unpaired) electrons. The lowest BCUT2D eigenvalue weighted by Crippen LogP contribution is -2.40. The third-order valence-electron chi connectivity index (χ3n) is 5.43. The molecular weight excluding hydrogens is 478 g/mol. The number of pyridine rings is 1. The van der Waals surface area contributed by atoms with Gasteiger partial charge in [-0.1, -0.05) is 6.07 Å². The van der Waals surface area contributed by atoms with E-state index in [2.05, 4.69) is 4.98 Å². The van der Waals surface area contributed by atoms with Gasteiger partial charge in [0.2, 0.25) is 0 Å². The van der Waals surface area contributed by atoms with E-state index in [9.17, 15) is 19.8 Å². The van der Waals surface area contributed by atoms with Gasteiger partial charge in [-0.3, -0.25) is 14.6 Å². The smallest absolute Gasteiger partial charge is 0.325 e. The van der Waals surface area contributed by atoms with Gasteiger partial charge in [0.25, 0.3) is 0 Å². The van der Waals surface area contributed by atoms with Crippen LogP contribution in [0.15, 0.2) is 42.6 Å². The Bertz CT molecular complexity index is 1210. The highest BCUT2D eigenvalue weighted by molar-refractivity contribution is 6.04. The Balaban J connectivity index is 0.00000432. The molecule has 0 saturated carbocycles. The van der Waals surface area contributed by atoms with Crippen molar-refractivity contribution in [3.63, 3.8) is 0 Å². The standard InChI is InChI=1S/C25H27NO8.ClH/c1-14(2)34-22-15(12-26-19-8-7-17(31-4)11-18(19)22)13-33-21-10-16(6-9-20(21)32-5)25(3,23(27)28)24(29)30;/h6-12,14H,13H2,1-5H3,(H,27,28)(H,29,30);1H. The van der Waals surface area contributed by atoms with Crippen molar-refractivity contribution in [2.24, 2.45) is 0 Å². The fourth-order valence-electron chi connectivity index (χ4n) is 3.39. The molecule has 9 nitrogen and oxygen atoms in total. The maximum atomic E-state index is 11.7. The minimum atomic E-state index is -2.16. The molecule has 0 amide bonds. The number of ether oxygens (including phenoxy) is 4. The van der Waals surface area contributed by atoms with Gasteiger partial charge < -0.3 is 29.2 Å². The molecule has 0 unspecified atom stereocenters. The van der Waals surface area contributed by atoms with Crippen LogP contribution in [0.25, 0.3) is 10.9 Å². The first-order valence-electron chi connectivity index (χ1n) is 10.5. The van der Waals surface area contributed by atoms with Gasteiger partial charge in [0.05, 0.1) is 31.4 Å². The Kier molecular flexibility index (Phi) is 8.76. The molecular formula is C25H28ClNO8. The molecule has 1 heterocycles. The lowest BCUT2D eigenvalue weighted by atomic mass is 9.82. The Hall–Kier alpha value is -3.72. The molecule has 188 valence electrons. The second-order valence-electron chi connectivity index (χ2n) is 8.05. The Morgan fingerprint density at radius 2 is 1.69 bits per heavy atom. The summed E-state index contributed by atoms with van der Waals surface area (Å²) in [5.41, 5.74) is -0.750.